The summed E-state index contributed by atoms with van der Waals surface area (Å²) < 4.78 is 42.1. The first kappa shape index (κ1) is 34.3. The highest BCUT2D eigenvalue weighted by Crippen LogP contribution is 2.40. The van der Waals surface area contributed by atoms with E-state index in [0.717, 1.165) is 5.69 Å². The topological polar surface area (TPSA) is 156 Å². The quantitative estimate of drug-likeness (QED) is 0.136. The molecular weight excluding hydrogens is 591 g/mol. The Morgan fingerprint density at radius 2 is 1.39 bits per heavy atom. The molecule has 1 heterocycles. The van der Waals surface area contributed by atoms with Gasteiger partial charge in [0.1, 0.15) is 24.4 Å². The van der Waals surface area contributed by atoms with Crippen LogP contribution in [0.1, 0.15) is 52.8 Å². The Balaban J connectivity index is 1.66. The number of hydrogen-bond donors (Lipinski definition) is 2. The molecule has 0 bridgehead atoms. The molecule has 14 heteroatoms. The van der Waals surface area contributed by atoms with Crippen molar-refractivity contribution in [2.24, 2.45) is 0 Å². The Bertz CT molecular complexity index is 1420. The molecule has 2 aromatic carbocycles. The summed E-state index contributed by atoms with van der Waals surface area (Å²) in [6, 6.07) is 14.9. The van der Waals surface area contributed by atoms with Gasteiger partial charge in [-0.1, -0.05) is 30.3 Å². The molecule has 0 saturated carbocycles. The van der Waals surface area contributed by atoms with Gasteiger partial charge in [-0.2, -0.15) is 5.10 Å². The van der Waals surface area contributed by atoms with Crippen molar-refractivity contribution in [2.75, 3.05) is 0 Å². The van der Waals surface area contributed by atoms with E-state index < -0.39 is 37.8 Å². The van der Waals surface area contributed by atoms with Gasteiger partial charge in [-0.05, 0) is 78.3 Å². The van der Waals surface area contributed by atoms with Gasteiger partial charge in [-0.15, -0.1) is 0 Å². The zero-order valence-electron chi connectivity index (χ0n) is 25.8. The first-order valence-electron chi connectivity index (χ1n) is 14.1. The highest BCUT2D eigenvalue weighted by Gasteiger charge is 2.34. The van der Waals surface area contributed by atoms with Crippen molar-refractivity contribution in [3.63, 3.8) is 0 Å². The molecule has 1 aromatic heterocycles. The molecule has 0 amide bonds. The molecular formula is C30H39N4O9P. The van der Waals surface area contributed by atoms with Gasteiger partial charge in [-0.25, -0.2) is 24.2 Å². The lowest BCUT2D eigenvalue weighted by Gasteiger charge is -2.26. The van der Waals surface area contributed by atoms with Crippen molar-refractivity contribution in [3.05, 3.63) is 71.9 Å². The highest BCUT2D eigenvalue weighted by molar-refractivity contribution is 7.55. The number of nitrogens with one attached hydrogen (secondary N) is 2. The van der Waals surface area contributed by atoms with E-state index in [9.17, 15) is 18.9 Å². The van der Waals surface area contributed by atoms with Crippen LogP contribution in [0.3, 0.4) is 0 Å². The Morgan fingerprint density at radius 3 is 1.91 bits per heavy atom. The molecule has 0 fully saturated rings. The van der Waals surface area contributed by atoms with Gasteiger partial charge in [0, 0.05) is 6.07 Å². The van der Waals surface area contributed by atoms with E-state index in [1.807, 2.05) is 30.3 Å². The Labute approximate surface area is 256 Å². The monoisotopic (exact) mass is 630 g/mol. The molecule has 238 valence electrons. The van der Waals surface area contributed by atoms with Gasteiger partial charge >= 0.3 is 25.8 Å². The standard InChI is InChI=1S/C30H39N4O9P/c1-19(2)40-28(35)22(6)32-44(38,33-23(7)29(36)41-20(3)4)43-26-15-13-24(14-16-26)18-39-30(37)42-27-17-21(5)31-34(27)25-11-9-8-10-12-25/h8-17,19-20,22-23H,18H2,1-7H3,(H2,32,33,38)/t22-,23-/m0/s1. The second-order valence-corrected chi connectivity index (χ2v) is 12.3. The lowest BCUT2D eigenvalue weighted by Crippen LogP contribution is -2.43. The number of para-hydroxylation sites is 1. The number of ether oxygens (including phenoxy) is 4. The third kappa shape index (κ3) is 10.5. The summed E-state index contributed by atoms with van der Waals surface area (Å²) in [7, 11) is -4.08. The van der Waals surface area contributed by atoms with Crippen molar-refractivity contribution in [1.29, 1.82) is 0 Å². The van der Waals surface area contributed by atoms with E-state index in [2.05, 4.69) is 15.3 Å². The minimum absolute atomic E-state index is 0.123. The molecule has 3 rings (SSSR count). The fourth-order valence-electron chi connectivity index (χ4n) is 3.73. The third-order valence-corrected chi connectivity index (χ3v) is 7.56. The molecule has 0 radical (unpaired) electrons. The van der Waals surface area contributed by atoms with Gasteiger partial charge in [0.15, 0.2) is 0 Å². The normalized spacial score (nSPS) is 12.8. The zero-order chi connectivity index (χ0) is 32.4. The lowest BCUT2D eigenvalue weighted by atomic mass is 10.2. The van der Waals surface area contributed by atoms with Crippen LogP contribution in [0.5, 0.6) is 11.6 Å². The predicted molar refractivity (Wildman–Crippen MR) is 161 cm³/mol. The molecule has 2 N–H and O–H groups in total. The van der Waals surface area contributed by atoms with Crippen LogP contribution in [-0.2, 0) is 35.0 Å². The molecule has 2 atom stereocenters. The molecule has 3 aromatic rings. The number of benzene rings is 2. The Hall–Kier alpha value is -4.19. The number of rotatable bonds is 14. The van der Waals surface area contributed by atoms with E-state index >= 15 is 0 Å². The van der Waals surface area contributed by atoms with E-state index in [-0.39, 0.29) is 30.4 Å². The number of nitrogens with zero attached hydrogens (tertiary/aromatic N) is 2. The molecule has 0 saturated heterocycles. The third-order valence-electron chi connectivity index (χ3n) is 5.64. The van der Waals surface area contributed by atoms with Crippen LogP contribution in [0.15, 0.2) is 60.7 Å². The summed E-state index contributed by atoms with van der Waals surface area (Å²) >= 11 is 0. The molecule has 0 spiro atoms. The Kier molecular flexibility index (Phi) is 12.1. The van der Waals surface area contributed by atoms with Crippen molar-refractivity contribution in [2.45, 2.75) is 79.4 Å². The summed E-state index contributed by atoms with van der Waals surface area (Å²) in [6.07, 6.45) is -1.70. The number of carbonyl (C=O) groups excluding carboxylic acids is 3. The van der Waals surface area contributed by atoms with E-state index in [0.29, 0.717) is 11.3 Å². The van der Waals surface area contributed by atoms with Crippen LogP contribution >= 0.6 is 7.67 Å². The SMILES string of the molecule is Cc1cc(OC(=O)OCc2ccc(OP(=O)(N[C@@H](C)C(=O)OC(C)C)N[C@@H](C)C(=O)OC(C)C)cc2)n(-c2ccccc2)n1. The molecule has 44 heavy (non-hydrogen) atoms. The van der Waals surface area contributed by atoms with Crippen LogP contribution in [0, 0.1) is 6.92 Å². The Morgan fingerprint density at radius 1 is 0.841 bits per heavy atom. The van der Waals surface area contributed by atoms with Crippen LogP contribution in [0.2, 0.25) is 0 Å². The number of carbonyl (C=O) groups is 3. The predicted octanol–water partition coefficient (Wildman–Crippen LogP) is 5.24. The summed E-state index contributed by atoms with van der Waals surface area (Å²) in [5.74, 6) is -0.944. The van der Waals surface area contributed by atoms with Gasteiger partial charge in [0.2, 0.25) is 5.88 Å². The number of esters is 2. The highest BCUT2D eigenvalue weighted by atomic mass is 31.2. The van der Waals surface area contributed by atoms with Crippen molar-refractivity contribution in [1.82, 2.24) is 20.0 Å². The van der Waals surface area contributed by atoms with E-state index in [1.165, 1.54) is 30.7 Å². The number of hydrogen-bond acceptors (Lipinski definition) is 10. The molecule has 0 aliphatic carbocycles. The van der Waals surface area contributed by atoms with Crippen LogP contribution in [-0.4, -0.2) is 52.2 Å². The van der Waals surface area contributed by atoms with Gasteiger partial charge in [0.25, 0.3) is 0 Å². The van der Waals surface area contributed by atoms with E-state index in [1.54, 1.807) is 52.8 Å². The van der Waals surface area contributed by atoms with Gasteiger partial charge < -0.3 is 23.5 Å². The van der Waals surface area contributed by atoms with Crippen molar-refractivity contribution < 1.29 is 42.4 Å². The van der Waals surface area contributed by atoms with Crippen LogP contribution in [0.4, 0.5) is 4.79 Å². The molecule has 0 unspecified atom stereocenters. The first-order chi connectivity index (χ1) is 20.7. The summed E-state index contributed by atoms with van der Waals surface area (Å²) in [5, 5.41) is 9.61. The minimum Gasteiger partial charge on any atom is -0.462 e. The summed E-state index contributed by atoms with van der Waals surface area (Å²) in [6.45, 7) is 11.3. The summed E-state index contributed by atoms with van der Waals surface area (Å²) in [4.78, 5) is 37.2. The fraction of sp³-hybridized carbons (Fsp3) is 0.400. The summed E-state index contributed by atoms with van der Waals surface area (Å²) in [5.41, 5.74) is 1.96. The fourth-order valence-corrected chi connectivity index (χ4v) is 5.56. The van der Waals surface area contributed by atoms with Gasteiger partial charge in [0.05, 0.1) is 23.6 Å². The van der Waals surface area contributed by atoms with Crippen LogP contribution < -0.4 is 19.4 Å². The maximum absolute atomic E-state index is 13.8. The van der Waals surface area contributed by atoms with Crippen LogP contribution in [0.25, 0.3) is 5.69 Å². The van der Waals surface area contributed by atoms with Gasteiger partial charge in [-0.3, -0.25) is 9.59 Å². The average Bonchev–Trinajstić information content (AvgIpc) is 3.31. The molecule has 0 aliphatic rings. The average molecular weight is 631 g/mol. The molecule has 0 aliphatic heterocycles. The number of aryl methyl sites for hydroxylation is 1. The maximum Gasteiger partial charge on any atom is 0.515 e. The second kappa shape index (κ2) is 15.5. The zero-order valence-corrected chi connectivity index (χ0v) is 26.7. The lowest BCUT2D eigenvalue weighted by molar-refractivity contribution is -0.149. The molecule has 13 nitrogen and oxygen atoms in total. The minimum atomic E-state index is -4.08. The number of aromatic nitrogens is 2. The van der Waals surface area contributed by atoms with Crippen molar-refractivity contribution in [3.8, 4) is 17.3 Å². The first-order valence-corrected chi connectivity index (χ1v) is 15.7. The smallest absolute Gasteiger partial charge is 0.462 e. The van der Waals surface area contributed by atoms with E-state index in [4.69, 9.17) is 23.5 Å². The second-order valence-electron chi connectivity index (χ2n) is 10.5. The maximum atomic E-state index is 13.8. The largest absolute Gasteiger partial charge is 0.515 e. The van der Waals surface area contributed by atoms with Crippen molar-refractivity contribution >= 4 is 25.8 Å².